The number of aromatic amines is 1. The molecule has 5 rings (SSSR count). The molecule has 0 bridgehead atoms. The van der Waals surface area contributed by atoms with E-state index in [1.165, 1.54) is 11.1 Å². The van der Waals surface area contributed by atoms with E-state index in [1.54, 1.807) is 6.20 Å². The number of pyridine rings is 1. The summed E-state index contributed by atoms with van der Waals surface area (Å²) in [7, 11) is 0. The summed E-state index contributed by atoms with van der Waals surface area (Å²) in [6, 6.07) is 14.9. The molecule has 0 spiro atoms. The Bertz CT molecular complexity index is 1050. The summed E-state index contributed by atoms with van der Waals surface area (Å²) < 4.78 is 7.57. The van der Waals surface area contributed by atoms with Crippen LogP contribution in [0.25, 0.3) is 16.9 Å². The van der Waals surface area contributed by atoms with Gasteiger partial charge in [-0.1, -0.05) is 30.3 Å². The molecular weight excluding hydrogens is 350 g/mol. The van der Waals surface area contributed by atoms with Gasteiger partial charge in [0.1, 0.15) is 5.65 Å². The largest absolute Gasteiger partial charge is 0.379 e. The number of ether oxygens (including phenoxy) is 1. The van der Waals surface area contributed by atoms with Gasteiger partial charge in [0, 0.05) is 38.2 Å². The van der Waals surface area contributed by atoms with Crippen molar-refractivity contribution in [2.45, 2.75) is 13.0 Å². The quantitative estimate of drug-likeness (QED) is 0.584. The van der Waals surface area contributed by atoms with Gasteiger partial charge >= 0.3 is 0 Å². The molecule has 0 unspecified atom stereocenters. The van der Waals surface area contributed by atoms with Crippen LogP contribution < -0.4 is 0 Å². The fourth-order valence-electron chi connectivity index (χ4n) is 3.71. The minimum Gasteiger partial charge on any atom is -0.379 e. The molecule has 3 aromatic heterocycles. The molecule has 28 heavy (non-hydrogen) atoms. The molecule has 6 nitrogen and oxygen atoms in total. The molecule has 1 aliphatic rings. The highest BCUT2D eigenvalue weighted by Gasteiger charge is 2.12. The normalized spacial score (nSPS) is 15.3. The molecule has 1 N–H and O–H groups in total. The minimum atomic E-state index is 0.816. The predicted octanol–water partition coefficient (Wildman–Crippen LogP) is 3.15. The minimum absolute atomic E-state index is 0.816. The average Bonchev–Trinajstić information content (AvgIpc) is 3.39. The number of nitrogens with one attached hydrogen (secondary N) is 1. The first kappa shape index (κ1) is 17.2. The Morgan fingerprint density at radius 1 is 0.929 bits per heavy atom. The first-order valence-electron chi connectivity index (χ1n) is 9.69. The van der Waals surface area contributed by atoms with E-state index >= 15 is 0 Å². The van der Waals surface area contributed by atoms with Crippen molar-refractivity contribution in [3.63, 3.8) is 0 Å². The Kier molecular flexibility index (Phi) is 4.64. The van der Waals surface area contributed by atoms with Crippen LogP contribution in [-0.2, 0) is 17.7 Å². The zero-order valence-electron chi connectivity index (χ0n) is 15.7. The highest BCUT2D eigenvalue weighted by atomic mass is 16.5. The van der Waals surface area contributed by atoms with Crippen LogP contribution in [0.3, 0.4) is 0 Å². The molecular formula is C22H23N5O. The maximum absolute atomic E-state index is 5.42. The molecule has 4 aromatic rings. The van der Waals surface area contributed by atoms with Crippen molar-refractivity contribution in [3.05, 3.63) is 77.9 Å². The van der Waals surface area contributed by atoms with Gasteiger partial charge in [-0.2, -0.15) is 5.10 Å². The van der Waals surface area contributed by atoms with Gasteiger partial charge in [0.15, 0.2) is 0 Å². The summed E-state index contributed by atoms with van der Waals surface area (Å²) in [5.41, 5.74) is 6.87. The fraction of sp³-hybridized carbons (Fsp3) is 0.273. The van der Waals surface area contributed by atoms with E-state index in [1.807, 2.05) is 6.07 Å². The van der Waals surface area contributed by atoms with Crippen LogP contribution in [0.1, 0.15) is 16.8 Å². The molecule has 1 saturated heterocycles. The van der Waals surface area contributed by atoms with E-state index in [-0.39, 0.29) is 0 Å². The standard InChI is InChI=1S/C22H23N5O/c1-4-19(21-7-8-23-25-21)5-2-17(1)13-18-3-6-22-24-20(16-27(22)14-18)15-26-9-11-28-12-10-26/h1-8,14,16H,9-13,15H2,(H,23,25). The van der Waals surface area contributed by atoms with Gasteiger partial charge in [-0.3, -0.25) is 10.00 Å². The lowest BCUT2D eigenvalue weighted by Crippen LogP contribution is -2.35. The predicted molar refractivity (Wildman–Crippen MR) is 108 cm³/mol. The second-order valence-electron chi connectivity index (χ2n) is 7.27. The number of H-pyrrole nitrogens is 1. The van der Waals surface area contributed by atoms with E-state index in [4.69, 9.17) is 9.72 Å². The first-order chi connectivity index (χ1) is 13.8. The number of hydrogen-bond acceptors (Lipinski definition) is 4. The van der Waals surface area contributed by atoms with Crippen molar-refractivity contribution in [3.8, 4) is 11.3 Å². The molecule has 4 heterocycles. The van der Waals surface area contributed by atoms with E-state index in [0.717, 1.165) is 61.9 Å². The Labute approximate surface area is 163 Å². The second-order valence-corrected chi connectivity index (χ2v) is 7.27. The summed E-state index contributed by atoms with van der Waals surface area (Å²) >= 11 is 0. The summed E-state index contributed by atoms with van der Waals surface area (Å²) in [6.45, 7) is 4.48. The van der Waals surface area contributed by atoms with Gasteiger partial charge in [0.05, 0.1) is 24.6 Å². The van der Waals surface area contributed by atoms with Crippen molar-refractivity contribution in [1.82, 2.24) is 24.5 Å². The molecule has 0 amide bonds. The van der Waals surface area contributed by atoms with Gasteiger partial charge < -0.3 is 9.14 Å². The lowest BCUT2D eigenvalue weighted by Gasteiger charge is -2.25. The van der Waals surface area contributed by atoms with Crippen LogP contribution in [0.15, 0.2) is 61.1 Å². The van der Waals surface area contributed by atoms with Crippen LogP contribution in [0.4, 0.5) is 0 Å². The maximum Gasteiger partial charge on any atom is 0.137 e. The molecule has 0 radical (unpaired) electrons. The number of nitrogens with zero attached hydrogens (tertiary/aromatic N) is 4. The average molecular weight is 373 g/mol. The van der Waals surface area contributed by atoms with Gasteiger partial charge in [-0.25, -0.2) is 4.98 Å². The van der Waals surface area contributed by atoms with Crippen molar-refractivity contribution >= 4 is 5.65 Å². The Balaban J connectivity index is 1.30. The highest BCUT2D eigenvalue weighted by molar-refractivity contribution is 5.58. The Hall–Kier alpha value is -2.96. The van der Waals surface area contributed by atoms with Gasteiger partial charge in [-0.15, -0.1) is 0 Å². The second kappa shape index (κ2) is 7.58. The van der Waals surface area contributed by atoms with Crippen LogP contribution >= 0.6 is 0 Å². The molecule has 1 aliphatic heterocycles. The number of benzene rings is 1. The number of morpholine rings is 1. The van der Waals surface area contributed by atoms with E-state index in [2.05, 4.69) is 68.3 Å². The first-order valence-corrected chi connectivity index (χ1v) is 9.69. The lowest BCUT2D eigenvalue weighted by molar-refractivity contribution is 0.0337. The third-order valence-electron chi connectivity index (χ3n) is 5.23. The SMILES string of the molecule is c1cc(-c2ccc(Cc3ccc4nc(CN5CCOCC5)cn4c3)cc2)[nH]n1. The summed E-state index contributed by atoms with van der Waals surface area (Å²) in [6.07, 6.45) is 7.01. The topological polar surface area (TPSA) is 58.5 Å². The number of fused-ring (bicyclic) bond motifs is 1. The summed E-state index contributed by atoms with van der Waals surface area (Å²) in [5.74, 6) is 0. The van der Waals surface area contributed by atoms with Crippen molar-refractivity contribution in [2.75, 3.05) is 26.3 Å². The van der Waals surface area contributed by atoms with Gasteiger partial charge in [0.2, 0.25) is 0 Å². The molecule has 142 valence electrons. The molecule has 6 heteroatoms. The van der Waals surface area contributed by atoms with Crippen molar-refractivity contribution in [2.24, 2.45) is 0 Å². The fourth-order valence-corrected chi connectivity index (χ4v) is 3.71. The monoisotopic (exact) mass is 373 g/mol. The van der Waals surface area contributed by atoms with Crippen molar-refractivity contribution < 1.29 is 4.74 Å². The van der Waals surface area contributed by atoms with Crippen LogP contribution in [-0.4, -0.2) is 50.8 Å². The van der Waals surface area contributed by atoms with Crippen LogP contribution in [0.5, 0.6) is 0 Å². The zero-order chi connectivity index (χ0) is 18.8. The summed E-state index contributed by atoms with van der Waals surface area (Å²) in [5, 5.41) is 7.02. The zero-order valence-corrected chi connectivity index (χ0v) is 15.7. The smallest absolute Gasteiger partial charge is 0.137 e. The molecule has 1 aromatic carbocycles. The van der Waals surface area contributed by atoms with E-state index in [0.29, 0.717) is 0 Å². The molecule has 1 fully saturated rings. The maximum atomic E-state index is 5.42. The molecule has 0 saturated carbocycles. The third kappa shape index (κ3) is 3.69. The van der Waals surface area contributed by atoms with Gasteiger partial charge in [0.25, 0.3) is 0 Å². The third-order valence-corrected chi connectivity index (χ3v) is 5.23. The molecule has 0 atom stereocenters. The lowest BCUT2D eigenvalue weighted by atomic mass is 10.0. The van der Waals surface area contributed by atoms with Gasteiger partial charge in [-0.05, 0) is 35.2 Å². The Morgan fingerprint density at radius 2 is 1.75 bits per heavy atom. The van der Waals surface area contributed by atoms with E-state index in [9.17, 15) is 0 Å². The number of hydrogen-bond donors (Lipinski definition) is 1. The Morgan fingerprint density at radius 3 is 2.54 bits per heavy atom. The van der Waals surface area contributed by atoms with E-state index < -0.39 is 0 Å². The van der Waals surface area contributed by atoms with Crippen LogP contribution in [0, 0.1) is 0 Å². The van der Waals surface area contributed by atoms with Crippen molar-refractivity contribution in [1.29, 1.82) is 0 Å². The molecule has 0 aliphatic carbocycles. The number of rotatable bonds is 5. The number of aromatic nitrogens is 4. The van der Waals surface area contributed by atoms with Crippen LogP contribution in [0.2, 0.25) is 0 Å². The highest BCUT2D eigenvalue weighted by Crippen LogP contribution is 2.19. The number of imidazole rings is 1. The summed E-state index contributed by atoms with van der Waals surface area (Å²) in [4.78, 5) is 7.16.